The number of nitrogens with zero attached hydrogens (tertiary/aromatic N) is 1. The molecule has 0 N–H and O–H groups in total. The molecule has 0 bridgehead atoms. The maximum atomic E-state index is 13.1. The average molecular weight is 263 g/mol. The summed E-state index contributed by atoms with van der Waals surface area (Å²) in [7, 11) is 0. The van der Waals surface area contributed by atoms with E-state index in [-0.39, 0.29) is 11.6 Å². The van der Waals surface area contributed by atoms with E-state index in [1.807, 2.05) is 20.8 Å². The summed E-state index contributed by atoms with van der Waals surface area (Å²) in [5.74, 6) is -0.0309. The largest absolute Gasteiger partial charge is 0.297 e. The first kappa shape index (κ1) is 14.2. The van der Waals surface area contributed by atoms with Crippen LogP contribution in [0.3, 0.4) is 0 Å². The minimum atomic E-state index is -0.419. The summed E-state index contributed by atoms with van der Waals surface area (Å²) >= 11 is 0. The number of carbonyl (C=O) groups excluding carboxylic acids is 1. The third-order valence-electron chi connectivity index (χ3n) is 4.23. The number of aryl methyl sites for hydroxylation is 1. The van der Waals surface area contributed by atoms with Gasteiger partial charge in [0, 0.05) is 6.42 Å². The normalized spacial score (nSPS) is 16.8. The maximum Gasteiger partial charge on any atom is 0.156 e. The summed E-state index contributed by atoms with van der Waals surface area (Å²) in [5.41, 5.74) is 1.36. The summed E-state index contributed by atoms with van der Waals surface area (Å²) in [6.45, 7) is 7.86. The quantitative estimate of drug-likeness (QED) is 0.832. The average Bonchev–Trinajstić information content (AvgIpc) is 2.86. The Labute approximate surface area is 114 Å². The first-order valence-corrected chi connectivity index (χ1v) is 6.94. The predicted molar refractivity (Wildman–Crippen MR) is 74.7 cm³/mol. The molecular weight excluding hydrogens is 241 g/mol. The van der Waals surface area contributed by atoms with Crippen LogP contribution in [0.4, 0.5) is 4.39 Å². The highest BCUT2D eigenvalue weighted by molar-refractivity contribution is 5.89. The minimum Gasteiger partial charge on any atom is -0.297 e. The monoisotopic (exact) mass is 263 g/mol. The number of hydrogen-bond donors (Lipinski definition) is 0. The molecular formula is C16H22FNO. The summed E-state index contributed by atoms with van der Waals surface area (Å²) in [5, 5.41) is 0. The van der Waals surface area contributed by atoms with Crippen molar-refractivity contribution >= 4 is 5.78 Å². The molecule has 0 saturated carbocycles. The zero-order valence-electron chi connectivity index (χ0n) is 12.0. The molecule has 0 unspecified atom stereocenters. The molecule has 1 saturated heterocycles. The molecule has 0 atom stereocenters. The Bertz CT molecular complexity index is 476. The van der Waals surface area contributed by atoms with E-state index in [4.69, 9.17) is 0 Å². The van der Waals surface area contributed by atoms with Gasteiger partial charge >= 0.3 is 0 Å². The molecule has 1 aromatic rings. The number of likely N-dealkylation sites (tertiary alicyclic amines) is 1. The summed E-state index contributed by atoms with van der Waals surface area (Å²) in [4.78, 5) is 14.8. The van der Waals surface area contributed by atoms with Gasteiger partial charge in [0.25, 0.3) is 0 Å². The maximum absolute atomic E-state index is 13.1. The molecule has 0 aromatic heterocycles. The highest BCUT2D eigenvalue weighted by atomic mass is 19.1. The van der Waals surface area contributed by atoms with Crippen LogP contribution in [0.15, 0.2) is 18.2 Å². The van der Waals surface area contributed by atoms with Gasteiger partial charge in [0.2, 0.25) is 0 Å². The van der Waals surface area contributed by atoms with Crippen molar-refractivity contribution in [3.05, 3.63) is 35.1 Å². The van der Waals surface area contributed by atoms with Crippen molar-refractivity contribution < 1.29 is 9.18 Å². The van der Waals surface area contributed by atoms with Crippen LogP contribution in [0.25, 0.3) is 0 Å². The van der Waals surface area contributed by atoms with E-state index in [0.29, 0.717) is 6.42 Å². The molecule has 1 fully saturated rings. The van der Waals surface area contributed by atoms with Crippen molar-refractivity contribution in [2.75, 3.05) is 13.1 Å². The van der Waals surface area contributed by atoms with E-state index in [1.165, 1.54) is 25.0 Å². The summed E-state index contributed by atoms with van der Waals surface area (Å²) in [6, 6.07) is 4.65. The second-order valence-corrected chi connectivity index (χ2v) is 5.92. The molecule has 2 nitrogen and oxygen atoms in total. The molecule has 1 aliphatic heterocycles. The zero-order valence-corrected chi connectivity index (χ0v) is 12.0. The van der Waals surface area contributed by atoms with Crippen LogP contribution in [0.1, 0.15) is 37.8 Å². The first-order chi connectivity index (χ1) is 8.91. The SMILES string of the molecule is Cc1cc(F)ccc1CC(=O)C(C)(C)N1CCCC1. The number of hydrogen-bond acceptors (Lipinski definition) is 2. The van der Waals surface area contributed by atoms with Crippen LogP contribution < -0.4 is 0 Å². The number of halogens is 1. The first-order valence-electron chi connectivity index (χ1n) is 6.94. The van der Waals surface area contributed by atoms with E-state index in [0.717, 1.165) is 24.2 Å². The number of ketones is 1. The van der Waals surface area contributed by atoms with Gasteiger partial charge in [0.1, 0.15) is 5.82 Å². The molecule has 0 amide bonds. The van der Waals surface area contributed by atoms with E-state index in [2.05, 4.69) is 4.90 Å². The van der Waals surface area contributed by atoms with Gasteiger partial charge < -0.3 is 0 Å². The number of carbonyl (C=O) groups is 1. The van der Waals surface area contributed by atoms with Crippen LogP contribution in [0.2, 0.25) is 0 Å². The van der Waals surface area contributed by atoms with Gasteiger partial charge in [-0.05, 0) is 70.0 Å². The van der Waals surface area contributed by atoms with Gasteiger partial charge in [-0.3, -0.25) is 9.69 Å². The van der Waals surface area contributed by atoms with Gasteiger partial charge in [0.15, 0.2) is 5.78 Å². The van der Waals surface area contributed by atoms with E-state index in [1.54, 1.807) is 6.07 Å². The fourth-order valence-electron chi connectivity index (χ4n) is 2.70. The number of Topliss-reactive ketones (excluding diaryl/α,β-unsaturated/α-hetero) is 1. The zero-order chi connectivity index (χ0) is 14.0. The van der Waals surface area contributed by atoms with Crippen LogP contribution in [-0.4, -0.2) is 29.3 Å². The Hall–Kier alpha value is -1.22. The van der Waals surface area contributed by atoms with Gasteiger partial charge in [-0.2, -0.15) is 0 Å². The molecule has 104 valence electrons. The van der Waals surface area contributed by atoms with Crippen LogP contribution >= 0.6 is 0 Å². The lowest BCUT2D eigenvalue weighted by Crippen LogP contribution is -2.49. The van der Waals surface area contributed by atoms with Crippen LogP contribution in [0, 0.1) is 12.7 Å². The molecule has 0 radical (unpaired) electrons. The van der Waals surface area contributed by atoms with Crippen molar-refractivity contribution in [2.45, 2.75) is 45.6 Å². The van der Waals surface area contributed by atoms with Gasteiger partial charge in [-0.15, -0.1) is 0 Å². The fourth-order valence-corrected chi connectivity index (χ4v) is 2.70. The van der Waals surface area contributed by atoms with Crippen molar-refractivity contribution in [3.63, 3.8) is 0 Å². The molecule has 1 aliphatic rings. The second kappa shape index (κ2) is 5.41. The van der Waals surface area contributed by atoms with Crippen molar-refractivity contribution in [1.29, 1.82) is 0 Å². The van der Waals surface area contributed by atoms with Gasteiger partial charge in [-0.25, -0.2) is 4.39 Å². The topological polar surface area (TPSA) is 20.3 Å². The van der Waals surface area contributed by atoms with Crippen molar-refractivity contribution in [1.82, 2.24) is 4.90 Å². The Morgan fingerprint density at radius 2 is 1.95 bits per heavy atom. The standard InChI is InChI=1S/C16H22FNO/c1-12-10-14(17)7-6-13(12)11-15(19)16(2,3)18-8-4-5-9-18/h6-7,10H,4-5,8-9,11H2,1-3H3. The Morgan fingerprint density at radius 3 is 2.53 bits per heavy atom. The molecule has 1 aromatic carbocycles. The van der Waals surface area contributed by atoms with Crippen molar-refractivity contribution in [2.24, 2.45) is 0 Å². The lowest BCUT2D eigenvalue weighted by atomic mass is 9.90. The molecule has 19 heavy (non-hydrogen) atoms. The lowest BCUT2D eigenvalue weighted by Gasteiger charge is -2.34. The highest BCUT2D eigenvalue weighted by Crippen LogP contribution is 2.24. The highest BCUT2D eigenvalue weighted by Gasteiger charge is 2.35. The number of benzene rings is 1. The van der Waals surface area contributed by atoms with E-state index >= 15 is 0 Å². The lowest BCUT2D eigenvalue weighted by molar-refractivity contribution is -0.128. The Balaban J connectivity index is 2.11. The third kappa shape index (κ3) is 3.03. The molecule has 2 rings (SSSR count). The fraction of sp³-hybridized carbons (Fsp3) is 0.562. The molecule has 0 aliphatic carbocycles. The Morgan fingerprint density at radius 1 is 1.32 bits per heavy atom. The number of rotatable bonds is 4. The van der Waals surface area contributed by atoms with E-state index in [9.17, 15) is 9.18 Å². The summed E-state index contributed by atoms with van der Waals surface area (Å²) < 4.78 is 13.1. The molecule has 0 spiro atoms. The molecule has 3 heteroatoms. The van der Waals surface area contributed by atoms with Gasteiger partial charge in [-0.1, -0.05) is 6.07 Å². The van der Waals surface area contributed by atoms with Crippen LogP contribution in [-0.2, 0) is 11.2 Å². The smallest absolute Gasteiger partial charge is 0.156 e. The second-order valence-electron chi connectivity index (χ2n) is 5.92. The third-order valence-corrected chi connectivity index (χ3v) is 4.23. The van der Waals surface area contributed by atoms with Gasteiger partial charge in [0.05, 0.1) is 5.54 Å². The van der Waals surface area contributed by atoms with Crippen molar-refractivity contribution in [3.8, 4) is 0 Å². The van der Waals surface area contributed by atoms with Crippen LogP contribution in [0.5, 0.6) is 0 Å². The molecule has 1 heterocycles. The minimum absolute atomic E-state index is 0.212. The summed E-state index contributed by atoms with van der Waals surface area (Å²) in [6.07, 6.45) is 2.73. The Kier molecular flexibility index (Phi) is 4.04. The van der Waals surface area contributed by atoms with E-state index < -0.39 is 5.54 Å². The predicted octanol–water partition coefficient (Wildman–Crippen LogP) is 3.12.